The highest BCUT2D eigenvalue weighted by Crippen LogP contribution is 2.08. The van der Waals surface area contributed by atoms with E-state index in [-0.39, 0.29) is 0 Å². The number of ether oxygens (including phenoxy) is 1. The van der Waals surface area contributed by atoms with E-state index in [1.807, 2.05) is 6.92 Å². The van der Waals surface area contributed by atoms with Gasteiger partial charge < -0.3 is 4.74 Å². The average molecular weight is 126 g/mol. The standard InChI is InChI=1S/C8H14O/c1-5-7(3)8(6-2)9-4/h6H,2,5H2,1,3-4H3/b8-7-. The predicted octanol–water partition coefficient (Wildman–Crippen LogP) is 2.50. The van der Waals surface area contributed by atoms with Gasteiger partial charge in [0.15, 0.2) is 0 Å². The molecule has 0 atom stereocenters. The summed E-state index contributed by atoms with van der Waals surface area (Å²) in [6.07, 6.45) is 2.76. The van der Waals surface area contributed by atoms with E-state index >= 15 is 0 Å². The lowest BCUT2D eigenvalue weighted by Gasteiger charge is -2.02. The van der Waals surface area contributed by atoms with Gasteiger partial charge in [-0.05, 0) is 25.0 Å². The molecule has 9 heavy (non-hydrogen) atoms. The first-order valence-electron chi connectivity index (χ1n) is 3.12. The van der Waals surface area contributed by atoms with Gasteiger partial charge in [0.1, 0.15) is 5.76 Å². The summed E-state index contributed by atoms with van der Waals surface area (Å²) in [6, 6.07) is 0. The Morgan fingerprint density at radius 1 is 1.67 bits per heavy atom. The van der Waals surface area contributed by atoms with Crippen LogP contribution in [-0.4, -0.2) is 7.11 Å². The van der Waals surface area contributed by atoms with Gasteiger partial charge in [-0.3, -0.25) is 0 Å². The molecule has 0 rings (SSSR count). The molecule has 0 saturated heterocycles. The van der Waals surface area contributed by atoms with Crippen LogP contribution in [0.2, 0.25) is 0 Å². The highest BCUT2D eigenvalue weighted by Gasteiger charge is 1.92. The topological polar surface area (TPSA) is 9.23 Å². The zero-order chi connectivity index (χ0) is 7.28. The molecule has 0 heterocycles. The van der Waals surface area contributed by atoms with Crippen molar-refractivity contribution >= 4 is 0 Å². The second kappa shape index (κ2) is 4.19. The van der Waals surface area contributed by atoms with Crippen LogP contribution in [-0.2, 0) is 4.74 Å². The summed E-state index contributed by atoms with van der Waals surface area (Å²) in [5.74, 6) is 0.900. The molecular weight excluding hydrogens is 112 g/mol. The van der Waals surface area contributed by atoms with Crippen molar-refractivity contribution in [3.05, 3.63) is 24.0 Å². The summed E-state index contributed by atoms with van der Waals surface area (Å²) in [4.78, 5) is 0. The zero-order valence-corrected chi connectivity index (χ0v) is 6.40. The molecule has 0 aliphatic heterocycles. The molecule has 0 bridgehead atoms. The minimum absolute atomic E-state index is 0.900. The summed E-state index contributed by atoms with van der Waals surface area (Å²) in [5.41, 5.74) is 1.24. The molecule has 1 nitrogen and oxygen atoms in total. The van der Waals surface area contributed by atoms with Gasteiger partial charge in [-0.2, -0.15) is 0 Å². The maximum Gasteiger partial charge on any atom is 0.117 e. The quantitative estimate of drug-likeness (QED) is 0.417. The van der Waals surface area contributed by atoms with Crippen LogP contribution in [0.5, 0.6) is 0 Å². The van der Waals surface area contributed by atoms with Crippen LogP contribution in [0.3, 0.4) is 0 Å². The van der Waals surface area contributed by atoms with E-state index < -0.39 is 0 Å². The van der Waals surface area contributed by atoms with Gasteiger partial charge in [-0.1, -0.05) is 13.5 Å². The summed E-state index contributed by atoms with van der Waals surface area (Å²) >= 11 is 0. The Hall–Kier alpha value is -0.720. The Labute approximate surface area is 57.0 Å². The van der Waals surface area contributed by atoms with Crippen molar-refractivity contribution in [3.8, 4) is 0 Å². The molecule has 0 fully saturated rings. The highest BCUT2D eigenvalue weighted by atomic mass is 16.5. The van der Waals surface area contributed by atoms with Crippen molar-refractivity contribution in [2.24, 2.45) is 0 Å². The normalized spacial score (nSPS) is 12.3. The van der Waals surface area contributed by atoms with Gasteiger partial charge in [0.05, 0.1) is 7.11 Å². The van der Waals surface area contributed by atoms with E-state index in [1.54, 1.807) is 13.2 Å². The molecule has 0 radical (unpaired) electrons. The second-order valence-corrected chi connectivity index (χ2v) is 1.91. The van der Waals surface area contributed by atoms with Crippen LogP contribution in [0.1, 0.15) is 20.3 Å². The lowest BCUT2D eigenvalue weighted by molar-refractivity contribution is 0.301. The third-order valence-corrected chi connectivity index (χ3v) is 1.36. The van der Waals surface area contributed by atoms with E-state index in [0.29, 0.717) is 0 Å². The van der Waals surface area contributed by atoms with Gasteiger partial charge >= 0.3 is 0 Å². The van der Waals surface area contributed by atoms with Crippen molar-refractivity contribution in [2.75, 3.05) is 7.11 Å². The summed E-state index contributed by atoms with van der Waals surface area (Å²) < 4.78 is 5.01. The first-order chi connectivity index (χ1) is 4.26. The largest absolute Gasteiger partial charge is 0.497 e. The first kappa shape index (κ1) is 8.28. The summed E-state index contributed by atoms with van der Waals surface area (Å²) in [5, 5.41) is 0. The number of hydrogen-bond acceptors (Lipinski definition) is 1. The summed E-state index contributed by atoms with van der Waals surface area (Å²) in [6.45, 7) is 7.76. The molecule has 52 valence electrons. The minimum Gasteiger partial charge on any atom is -0.497 e. The van der Waals surface area contributed by atoms with Crippen LogP contribution in [0.4, 0.5) is 0 Å². The van der Waals surface area contributed by atoms with Crippen LogP contribution in [0, 0.1) is 0 Å². The monoisotopic (exact) mass is 126 g/mol. The SMILES string of the molecule is C=C/C(OC)=C(\C)CC. The molecular formula is C8H14O. The molecule has 0 aliphatic rings. The fourth-order valence-electron chi connectivity index (χ4n) is 0.606. The second-order valence-electron chi connectivity index (χ2n) is 1.91. The van der Waals surface area contributed by atoms with Crippen molar-refractivity contribution in [2.45, 2.75) is 20.3 Å². The fourth-order valence-corrected chi connectivity index (χ4v) is 0.606. The Morgan fingerprint density at radius 3 is 2.33 bits per heavy atom. The number of allylic oxidation sites excluding steroid dienone is 2. The number of rotatable bonds is 3. The van der Waals surface area contributed by atoms with Gasteiger partial charge in [-0.25, -0.2) is 0 Å². The molecule has 0 aromatic rings. The molecule has 0 aromatic heterocycles. The molecule has 0 spiro atoms. The zero-order valence-electron chi connectivity index (χ0n) is 6.40. The summed E-state index contributed by atoms with van der Waals surface area (Å²) in [7, 11) is 1.66. The van der Waals surface area contributed by atoms with Crippen LogP contribution in [0.15, 0.2) is 24.0 Å². The number of methoxy groups -OCH3 is 1. The first-order valence-corrected chi connectivity index (χ1v) is 3.12. The molecule has 0 aromatic carbocycles. The van der Waals surface area contributed by atoms with Crippen molar-refractivity contribution < 1.29 is 4.74 Å². The predicted molar refractivity (Wildman–Crippen MR) is 40.2 cm³/mol. The van der Waals surface area contributed by atoms with Crippen LogP contribution < -0.4 is 0 Å². The maximum atomic E-state index is 5.01. The van der Waals surface area contributed by atoms with Crippen molar-refractivity contribution in [1.29, 1.82) is 0 Å². The van der Waals surface area contributed by atoms with E-state index in [1.165, 1.54) is 5.57 Å². The third kappa shape index (κ3) is 2.36. The third-order valence-electron chi connectivity index (χ3n) is 1.36. The Morgan fingerprint density at radius 2 is 2.22 bits per heavy atom. The van der Waals surface area contributed by atoms with E-state index in [2.05, 4.69) is 13.5 Å². The van der Waals surface area contributed by atoms with Crippen molar-refractivity contribution in [3.63, 3.8) is 0 Å². The fraction of sp³-hybridized carbons (Fsp3) is 0.500. The minimum atomic E-state index is 0.900. The van der Waals surface area contributed by atoms with Crippen molar-refractivity contribution in [1.82, 2.24) is 0 Å². The van der Waals surface area contributed by atoms with E-state index in [4.69, 9.17) is 4.74 Å². The molecule has 0 N–H and O–H groups in total. The lowest BCUT2D eigenvalue weighted by Crippen LogP contribution is -1.85. The van der Waals surface area contributed by atoms with Gasteiger partial charge in [0, 0.05) is 0 Å². The Balaban J connectivity index is 4.18. The molecule has 1 heteroatoms. The van der Waals surface area contributed by atoms with Gasteiger partial charge in [0.25, 0.3) is 0 Å². The highest BCUT2D eigenvalue weighted by molar-refractivity contribution is 5.15. The number of hydrogen-bond donors (Lipinski definition) is 0. The van der Waals surface area contributed by atoms with Gasteiger partial charge in [0.2, 0.25) is 0 Å². The maximum absolute atomic E-state index is 5.01. The Bertz CT molecular complexity index is 123. The van der Waals surface area contributed by atoms with E-state index in [9.17, 15) is 0 Å². The Kier molecular flexibility index (Phi) is 3.85. The van der Waals surface area contributed by atoms with Crippen LogP contribution in [0.25, 0.3) is 0 Å². The molecule has 0 unspecified atom stereocenters. The van der Waals surface area contributed by atoms with Gasteiger partial charge in [-0.15, -0.1) is 0 Å². The smallest absolute Gasteiger partial charge is 0.117 e. The lowest BCUT2D eigenvalue weighted by atomic mass is 10.2. The average Bonchev–Trinajstić information content (AvgIpc) is 1.90. The van der Waals surface area contributed by atoms with Crippen LogP contribution >= 0.6 is 0 Å². The molecule has 0 aliphatic carbocycles. The van der Waals surface area contributed by atoms with E-state index in [0.717, 1.165) is 12.2 Å². The molecule has 0 saturated carbocycles. The molecule has 0 amide bonds.